The van der Waals surface area contributed by atoms with Gasteiger partial charge in [0.15, 0.2) is 9.84 Å². The highest BCUT2D eigenvalue weighted by atomic mass is 32.2. The predicted molar refractivity (Wildman–Crippen MR) is 97.7 cm³/mol. The molecule has 2 N–H and O–H groups in total. The fourth-order valence-corrected chi connectivity index (χ4v) is 3.84. The van der Waals surface area contributed by atoms with E-state index in [0.717, 1.165) is 5.56 Å². The summed E-state index contributed by atoms with van der Waals surface area (Å²) in [6.07, 6.45) is -0.219. The molecule has 0 unspecified atom stereocenters. The topological polar surface area (TPSA) is 109 Å². The van der Waals surface area contributed by atoms with Crippen molar-refractivity contribution < 1.29 is 21.6 Å². The second-order valence-electron chi connectivity index (χ2n) is 6.72. The van der Waals surface area contributed by atoms with Crippen LogP contribution < -0.4 is 10.0 Å². The zero-order chi connectivity index (χ0) is 19.3. The molecule has 0 bridgehead atoms. The van der Waals surface area contributed by atoms with Gasteiger partial charge in [0.2, 0.25) is 15.9 Å². The van der Waals surface area contributed by atoms with Crippen LogP contribution in [0, 0.1) is 0 Å². The molecule has 0 aliphatic rings. The average Bonchev–Trinajstić information content (AvgIpc) is 2.52. The van der Waals surface area contributed by atoms with Gasteiger partial charge in [-0.2, -0.15) is 0 Å². The molecule has 1 aromatic carbocycles. The number of hydrogen-bond donors (Lipinski definition) is 2. The first-order valence-electron chi connectivity index (χ1n) is 7.88. The third-order valence-corrected chi connectivity index (χ3v) is 6.78. The Labute approximate surface area is 150 Å². The van der Waals surface area contributed by atoms with Gasteiger partial charge in [0.05, 0.1) is 16.4 Å². The first-order valence-corrected chi connectivity index (χ1v) is 11.2. The largest absolute Gasteiger partial charge is 0.355 e. The Hall–Kier alpha value is -1.45. The molecular formula is C16H26N2O5S2. The Morgan fingerprint density at radius 3 is 2.04 bits per heavy atom. The van der Waals surface area contributed by atoms with Crippen LogP contribution in [0.1, 0.15) is 32.8 Å². The maximum Gasteiger partial charge on any atom is 0.221 e. The maximum absolute atomic E-state index is 12.3. The summed E-state index contributed by atoms with van der Waals surface area (Å²) in [6, 6.07) is 6.64. The van der Waals surface area contributed by atoms with Crippen LogP contribution in [0.3, 0.4) is 0 Å². The van der Waals surface area contributed by atoms with Gasteiger partial charge in [-0.05, 0) is 30.2 Å². The van der Waals surface area contributed by atoms with Gasteiger partial charge in [-0.3, -0.25) is 4.79 Å². The molecule has 7 nitrogen and oxygen atoms in total. The van der Waals surface area contributed by atoms with E-state index in [1.807, 2.05) is 20.8 Å². The zero-order valence-corrected chi connectivity index (χ0v) is 16.6. The van der Waals surface area contributed by atoms with Crippen molar-refractivity contribution in [1.82, 2.24) is 10.0 Å². The summed E-state index contributed by atoms with van der Waals surface area (Å²) in [7, 11) is -5.68. The van der Waals surface area contributed by atoms with Crippen LogP contribution in [-0.2, 0) is 30.1 Å². The average molecular weight is 391 g/mol. The minimum atomic E-state index is -3.57. The lowest BCUT2D eigenvalue weighted by Gasteiger charge is -2.19. The van der Waals surface area contributed by atoms with Gasteiger partial charge in [0, 0.05) is 13.0 Å². The van der Waals surface area contributed by atoms with Gasteiger partial charge < -0.3 is 5.32 Å². The summed E-state index contributed by atoms with van der Waals surface area (Å²) in [6.45, 7) is 6.04. The molecule has 0 heterocycles. The lowest BCUT2D eigenvalue weighted by molar-refractivity contribution is -0.120. The molecule has 1 amide bonds. The minimum absolute atomic E-state index is 0.0671. The van der Waals surface area contributed by atoms with E-state index in [0.29, 0.717) is 0 Å². The van der Waals surface area contributed by atoms with E-state index >= 15 is 0 Å². The molecule has 142 valence electrons. The van der Waals surface area contributed by atoms with Crippen LogP contribution in [0.2, 0.25) is 0 Å². The molecule has 1 aromatic rings. The van der Waals surface area contributed by atoms with Crippen LogP contribution in [-0.4, -0.2) is 47.8 Å². The highest BCUT2D eigenvalue weighted by molar-refractivity contribution is 7.91. The molecule has 0 spiro atoms. The number of carbonyl (C=O) groups excluding carboxylic acids is 1. The van der Waals surface area contributed by atoms with Gasteiger partial charge in [-0.1, -0.05) is 32.9 Å². The molecular weight excluding hydrogens is 364 g/mol. The molecule has 0 atom stereocenters. The van der Waals surface area contributed by atoms with Crippen molar-refractivity contribution in [2.45, 2.75) is 37.5 Å². The Balaban J connectivity index is 2.59. The molecule has 0 fully saturated rings. The third-order valence-electron chi connectivity index (χ3n) is 3.68. The van der Waals surface area contributed by atoms with E-state index in [2.05, 4.69) is 10.0 Å². The summed E-state index contributed by atoms with van der Waals surface area (Å²) in [4.78, 5) is 11.9. The van der Waals surface area contributed by atoms with E-state index in [1.165, 1.54) is 7.05 Å². The van der Waals surface area contributed by atoms with E-state index in [-0.39, 0.29) is 34.8 Å². The number of amides is 1. The quantitative estimate of drug-likeness (QED) is 0.683. The Morgan fingerprint density at radius 2 is 1.56 bits per heavy atom. The van der Waals surface area contributed by atoms with Gasteiger partial charge >= 0.3 is 0 Å². The predicted octanol–water partition coefficient (Wildman–Crippen LogP) is 0.813. The monoisotopic (exact) mass is 390 g/mol. The molecule has 25 heavy (non-hydrogen) atoms. The molecule has 0 aliphatic heterocycles. The second-order valence-corrected chi connectivity index (χ2v) is 10.9. The fourth-order valence-electron chi connectivity index (χ4n) is 2.02. The molecule has 9 heteroatoms. The van der Waals surface area contributed by atoms with Crippen LogP contribution in [0.25, 0.3) is 0 Å². The first-order chi connectivity index (χ1) is 11.4. The Bertz CT molecular complexity index is 792. The van der Waals surface area contributed by atoms with Gasteiger partial charge in [0.25, 0.3) is 0 Å². The maximum atomic E-state index is 12.3. The number of sulfonamides is 1. The number of benzene rings is 1. The lowest BCUT2D eigenvalue weighted by Crippen LogP contribution is -2.33. The summed E-state index contributed by atoms with van der Waals surface area (Å²) < 4.78 is 49.2. The van der Waals surface area contributed by atoms with Crippen molar-refractivity contribution in [3.05, 3.63) is 29.8 Å². The number of hydrogen-bond acceptors (Lipinski definition) is 5. The standard InChI is InChI=1S/C16H26N2O5S2/c1-16(2,3)13-5-7-14(8-6-13)24(20,21)11-9-15(19)18-10-12-25(22,23)17-4/h5-8,17H,9-12H2,1-4H3,(H,18,19). The summed E-state index contributed by atoms with van der Waals surface area (Å²) in [5, 5.41) is 2.40. The highest BCUT2D eigenvalue weighted by Crippen LogP contribution is 2.23. The van der Waals surface area contributed by atoms with E-state index in [1.54, 1.807) is 24.3 Å². The normalized spacial score (nSPS) is 12.8. The second kappa shape index (κ2) is 8.29. The number of nitrogens with one attached hydrogen (secondary N) is 2. The highest BCUT2D eigenvalue weighted by Gasteiger charge is 2.19. The summed E-state index contributed by atoms with van der Waals surface area (Å²) in [5.74, 6) is -1.08. The number of rotatable bonds is 8. The summed E-state index contributed by atoms with van der Waals surface area (Å²) >= 11 is 0. The van der Waals surface area contributed by atoms with Crippen molar-refractivity contribution in [2.75, 3.05) is 25.1 Å². The molecule has 0 radical (unpaired) electrons. The van der Waals surface area contributed by atoms with Crippen molar-refractivity contribution in [3.8, 4) is 0 Å². The fraction of sp³-hybridized carbons (Fsp3) is 0.562. The third kappa shape index (κ3) is 7.13. The molecule has 0 saturated heterocycles. The molecule has 1 rings (SSSR count). The Morgan fingerprint density at radius 1 is 1.00 bits per heavy atom. The number of carbonyl (C=O) groups is 1. The molecule has 0 aromatic heterocycles. The smallest absolute Gasteiger partial charge is 0.221 e. The summed E-state index contributed by atoms with van der Waals surface area (Å²) in [5.41, 5.74) is 0.950. The van der Waals surface area contributed by atoms with Crippen molar-refractivity contribution in [2.24, 2.45) is 0 Å². The van der Waals surface area contributed by atoms with Crippen LogP contribution in [0.4, 0.5) is 0 Å². The van der Waals surface area contributed by atoms with Gasteiger partial charge in [-0.15, -0.1) is 0 Å². The van der Waals surface area contributed by atoms with Gasteiger partial charge in [0.1, 0.15) is 0 Å². The van der Waals surface area contributed by atoms with E-state index in [4.69, 9.17) is 0 Å². The lowest BCUT2D eigenvalue weighted by atomic mass is 9.87. The van der Waals surface area contributed by atoms with Gasteiger partial charge in [-0.25, -0.2) is 21.6 Å². The van der Waals surface area contributed by atoms with E-state index < -0.39 is 25.8 Å². The first kappa shape index (κ1) is 21.6. The minimum Gasteiger partial charge on any atom is -0.355 e. The van der Waals surface area contributed by atoms with Crippen LogP contribution >= 0.6 is 0 Å². The van der Waals surface area contributed by atoms with Crippen LogP contribution in [0.5, 0.6) is 0 Å². The van der Waals surface area contributed by atoms with Crippen LogP contribution in [0.15, 0.2) is 29.2 Å². The number of sulfone groups is 1. The van der Waals surface area contributed by atoms with Crippen molar-refractivity contribution in [1.29, 1.82) is 0 Å². The van der Waals surface area contributed by atoms with Crippen molar-refractivity contribution in [3.63, 3.8) is 0 Å². The molecule has 0 saturated carbocycles. The van der Waals surface area contributed by atoms with Crippen molar-refractivity contribution >= 4 is 25.8 Å². The SMILES string of the molecule is CNS(=O)(=O)CCNC(=O)CCS(=O)(=O)c1ccc(C(C)(C)C)cc1. The Kier molecular flexibility index (Phi) is 7.16. The molecule has 0 aliphatic carbocycles. The zero-order valence-electron chi connectivity index (χ0n) is 15.0. The van der Waals surface area contributed by atoms with E-state index in [9.17, 15) is 21.6 Å².